The summed E-state index contributed by atoms with van der Waals surface area (Å²) in [6.45, 7) is 0.123. The second-order valence-electron chi connectivity index (χ2n) is 6.96. The number of fused-ring (bicyclic) bond motifs is 3. The van der Waals surface area contributed by atoms with Crippen LogP contribution < -0.4 is 5.73 Å². The van der Waals surface area contributed by atoms with Gasteiger partial charge in [-0.05, 0) is 17.7 Å². The van der Waals surface area contributed by atoms with Gasteiger partial charge in [0.25, 0.3) is 0 Å². The van der Waals surface area contributed by atoms with Gasteiger partial charge in [-0.25, -0.2) is 31.7 Å². The van der Waals surface area contributed by atoms with Crippen molar-refractivity contribution in [3.63, 3.8) is 0 Å². The number of nitrogens with zero attached hydrogens (tertiary/aromatic N) is 2. The first kappa shape index (κ1) is 23.4. The van der Waals surface area contributed by atoms with E-state index in [9.17, 15) is 35.1 Å². The molecule has 0 amide bonds. The second-order valence-corrected chi connectivity index (χ2v) is 6.96. The molecule has 3 aromatic rings. The number of aromatic nitrogens is 2. The molecule has 5 nitrogen and oxygen atoms in total. The molecule has 0 saturated heterocycles. The predicted octanol–water partition coefficient (Wildman–Crippen LogP) is 4.03. The number of hydrogen-bond acceptors (Lipinski definition) is 3. The van der Waals surface area contributed by atoms with Crippen molar-refractivity contribution in [3.05, 3.63) is 64.7 Å². The van der Waals surface area contributed by atoms with Gasteiger partial charge in [-0.15, -0.1) is 0 Å². The molecule has 1 aliphatic rings. The van der Waals surface area contributed by atoms with Crippen LogP contribution in [0.3, 0.4) is 0 Å². The third-order valence-electron chi connectivity index (χ3n) is 4.85. The molecule has 0 radical (unpaired) electrons. The highest BCUT2D eigenvalue weighted by molar-refractivity contribution is 5.77. The molecule has 0 bridgehead atoms. The lowest BCUT2D eigenvalue weighted by molar-refractivity contribution is -0.192. The summed E-state index contributed by atoms with van der Waals surface area (Å²) in [6, 6.07) is 2.49. The maximum Gasteiger partial charge on any atom is 0.490 e. The van der Waals surface area contributed by atoms with Crippen molar-refractivity contribution in [3.8, 4) is 0 Å². The van der Waals surface area contributed by atoms with E-state index in [0.717, 1.165) is 18.2 Å². The van der Waals surface area contributed by atoms with Crippen LogP contribution in [0, 0.1) is 29.1 Å². The van der Waals surface area contributed by atoms with Crippen LogP contribution in [0.25, 0.3) is 11.0 Å². The number of rotatable bonds is 1. The van der Waals surface area contributed by atoms with E-state index in [4.69, 9.17) is 15.6 Å². The molecule has 13 heteroatoms. The van der Waals surface area contributed by atoms with Crippen LogP contribution in [-0.2, 0) is 17.8 Å². The Morgan fingerprint density at radius 3 is 2.19 bits per heavy atom. The molecule has 1 aliphatic heterocycles. The van der Waals surface area contributed by atoms with Crippen molar-refractivity contribution >= 4 is 17.0 Å². The molecule has 4 rings (SSSR count). The molecule has 2 heterocycles. The van der Waals surface area contributed by atoms with Gasteiger partial charge in [-0.1, -0.05) is 0 Å². The highest BCUT2D eigenvalue weighted by Gasteiger charge is 2.38. The standard InChI is InChI=1S/C17H12F5N3.C2HF3O2/c18-7-1-13(22)17-15(2-7)25-6-14(23)9(4-16(25)24-17)8-3-11(20)12(21)5-10(8)19;3-2(4,5)1(6)7/h1-3,5,9,14H,4,6,23H2;(H,6,7)/t9-,14+;/m1./s1. The van der Waals surface area contributed by atoms with E-state index in [0.29, 0.717) is 11.9 Å². The van der Waals surface area contributed by atoms with Gasteiger partial charge in [0.15, 0.2) is 17.5 Å². The largest absolute Gasteiger partial charge is 0.490 e. The number of halogens is 8. The van der Waals surface area contributed by atoms with E-state index in [1.807, 2.05) is 0 Å². The third-order valence-corrected chi connectivity index (χ3v) is 4.85. The van der Waals surface area contributed by atoms with Crippen molar-refractivity contribution in [2.24, 2.45) is 5.73 Å². The fourth-order valence-corrected chi connectivity index (χ4v) is 3.41. The normalized spacial score (nSPS) is 18.2. The van der Waals surface area contributed by atoms with Crippen molar-refractivity contribution in [2.75, 3.05) is 0 Å². The van der Waals surface area contributed by atoms with E-state index < -0.39 is 53.2 Å². The Morgan fingerprint density at radius 2 is 1.59 bits per heavy atom. The van der Waals surface area contributed by atoms with E-state index in [1.54, 1.807) is 4.57 Å². The van der Waals surface area contributed by atoms with Gasteiger partial charge in [0, 0.05) is 37.1 Å². The molecule has 0 fully saturated rings. The number of alkyl halides is 3. The molecule has 172 valence electrons. The van der Waals surface area contributed by atoms with E-state index in [2.05, 4.69) is 4.98 Å². The maximum absolute atomic E-state index is 14.1. The lowest BCUT2D eigenvalue weighted by Crippen LogP contribution is -2.39. The van der Waals surface area contributed by atoms with Crippen molar-refractivity contribution in [1.82, 2.24) is 9.55 Å². The third kappa shape index (κ3) is 4.52. The van der Waals surface area contributed by atoms with E-state index >= 15 is 0 Å². The summed E-state index contributed by atoms with van der Waals surface area (Å²) in [5, 5.41) is 7.12. The Labute approximate surface area is 174 Å². The molecule has 3 N–H and O–H groups in total. The minimum absolute atomic E-state index is 0.00462. The SMILES string of the molecule is N[C@H]1Cn2c(nc3c(F)cc(F)cc32)C[C@@H]1c1cc(F)c(F)cc1F.O=C(O)C(F)(F)F. The molecule has 0 aliphatic carbocycles. The molecule has 32 heavy (non-hydrogen) atoms. The zero-order valence-corrected chi connectivity index (χ0v) is 15.7. The number of imidazole rings is 1. The quantitative estimate of drug-likeness (QED) is 0.418. The number of benzene rings is 2. The molecule has 0 saturated carbocycles. The number of aliphatic carboxylic acids is 1. The first-order valence-electron chi connectivity index (χ1n) is 8.84. The van der Waals surface area contributed by atoms with Gasteiger partial charge in [0.05, 0.1) is 5.52 Å². The van der Waals surface area contributed by atoms with E-state index in [-0.39, 0.29) is 29.6 Å². The van der Waals surface area contributed by atoms with Gasteiger partial charge in [-0.2, -0.15) is 13.2 Å². The number of carbonyl (C=O) groups is 1. The fourth-order valence-electron chi connectivity index (χ4n) is 3.41. The first-order valence-corrected chi connectivity index (χ1v) is 8.84. The Balaban J connectivity index is 0.000000360. The number of carboxylic acid groups (broad SMARTS) is 1. The topological polar surface area (TPSA) is 81.1 Å². The molecular formula is C19H13F8N3O2. The summed E-state index contributed by atoms with van der Waals surface area (Å²) in [6.07, 6.45) is -4.99. The van der Waals surface area contributed by atoms with Gasteiger partial charge in [-0.3, -0.25) is 0 Å². The van der Waals surface area contributed by atoms with E-state index in [1.165, 1.54) is 0 Å². The molecule has 1 aromatic heterocycles. The smallest absolute Gasteiger partial charge is 0.475 e. The van der Waals surface area contributed by atoms with Crippen LogP contribution in [-0.4, -0.2) is 32.8 Å². The van der Waals surface area contributed by atoms with Crippen molar-refractivity contribution in [2.45, 2.75) is 31.1 Å². The summed E-state index contributed by atoms with van der Waals surface area (Å²) in [7, 11) is 0. The highest BCUT2D eigenvalue weighted by atomic mass is 19.4. The van der Waals surface area contributed by atoms with Crippen LogP contribution in [0.5, 0.6) is 0 Å². The van der Waals surface area contributed by atoms with Crippen LogP contribution in [0.1, 0.15) is 17.3 Å². The minimum atomic E-state index is -5.08. The maximum atomic E-state index is 14.1. The van der Waals surface area contributed by atoms with Crippen LogP contribution in [0.15, 0.2) is 24.3 Å². The fraction of sp³-hybridized carbons (Fsp3) is 0.263. The lowest BCUT2D eigenvalue weighted by Gasteiger charge is -2.30. The van der Waals surface area contributed by atoms with Crippen molar-refractivity contribution < 1.29 is 45.0 Å². The van der Waals surface area contributed by atoms with Crippen LogP contribution in [0.4, 0.5) is 35.1 Å². The lowest BCUT2D eigenvalue weighted by atomic mass is 9.86. The number of hydrogen-bond donors (Lipinski definition) is 2. The zero-order valence-electron chi connectivity index (χ0n) is 15.7. The molecule has 0 spiro atoms. The summed E-state index contributed by atoms with van der Waals surface area (Å²) in [5.41, 5.74) is 6.28. The average Bonchev–Trinajstić information content (AvgIpc) is 3.02. The molecule has 2 atom stereocenters. The van der Waals surface area contributed by atoms with Crippen molar-refractivity contribution in [1.29, 1.82) is 0 Å². The Bertz CT molecular complexity index is 1190. The molecule has 2 aromatic carbocycles. The predicted molar refractivity (Wildman–Crippen MR) is 94.1 cm³/mol. The monoisotopic (exact) mass is 467 g/mol. The summed E-state index contributed by atoms with van der Waals surface area (Å²) in [4.78, 5) is 13.0. The summed E-state index contributed by atoms with van der Waals surface area (Å²) < 4.78 is 101. The van der Waals surface area contributed by atoms with Gasteiger partial charge in [0.2, 0.25) is 0 Å². The minimum Gasteiger partial charge on any atom is -0.475 e. The van der Waals surface area contributed by atoms with Crippen LogP contribution in [0.2, 0.25) is 0 Å². The average molecular weight is 467 g/mol. The Hall–Kier alpha value is -3.22. The van der Waals surface area contributed by atoms with Gasteiger partial charge >= 0.3 is 12.1 Å². The number of carboxylic acids is 1. The Morgan fingerprint density at radius 1 is 1.00 bits per heavy atom. The summed E-state index contributed by atoms with van der Waals surface area (Å²) in [5.74, 6) is -7.93. The van der Waals surface area contributed by atoms with Crippen LogP contribution >= 0.6 is 0 Å². The molecule has 0 unspecified atom stereocenters. The summed E-state index contributed by atoms with van der Waals surface area (Å²) >= 11 is 0. The second kappa shape index (κ2) is 8.37. The first-order chi connectivity index (χ1) is 14.8. The highest BCUT2D eigenvalue weighted by Crippen LogP contribution is 2.34. The number of nitrogens with two attached hydrogens (primary N) is 1. The molecular weight excluding hydrogens is 454 g/mol. The van der Waals surface area contributed by atoms with Gasteiger partial charge in [0.1, 0.15) is 23.0 Å². The Kier molecular flexibility index (Phi) is 6.13. The zero-order chi connectivity index (χ0) is 24.0. The van der Waals surface area contributed by atoms with Gasteiger partial charge < -0.3 is 15.4 Å².